The minimum Gasteiger partial charge on any atom is -0.350 e. The predicted molar refractivity (Wildman–Crippen MR) is 115 cm³/mol. The fraction of sp³-hybridized carbons (Fsp3) is 0.409. The molecule has 0 saturated carbocycles. The molecule has 0 aliphatic rings. The van der Waals surface area contributed by atoms with Gasteiger partial charge in [0.1, 0.15) is 0 Å². The van der Waals surface area contributed by atoms with Crippen LogP contribution in [0.25, 0.3) is 0 Å². The van der Waals surface area contributed by atoms with Crippen LogP contribution >= 0.6 is 0 Å². The van der Waals surface area contributed by atoms with Crippen molar-refractivity contribution in [3.63, 3.8) is 0 Å². The molecule has 0 bridgehead atoms. The van der Waals surface area contributed by atoms with Gasteiger partial charge in [0.2, 0.25) is 15.9 Å². The maximum atomic E-state index is 12.3. The number of nitrogens with zero attached hydrogens (tertiary/aromatic N) is 1. The number of rotatable bonds is 8. The largest absolute Gasteiger partial charge is 0.350 e. The van der Waals surface area contributed by atoms with Crippen LogP contribution in [0.4, 0.5) is 5.69 Å². The third kappa shape index (κ3) is 6.09. The summed E-state index contributed by atoms with van der Waals surface area (Å²) in [6.45, 7) is 8.13. The summed E-state index contributed by atoms with van der Waals surface area (Å²) in [6, 6.07) is 13.6. The highest BCUT2D eigenvalue weighted by molar-refractivity contribution is 7.92. The summed E-state index contributed by atoms with van der Waals surface area (Å²) in [7, 11) is -3.42. The van der Waals surface area contributed by atoms with E-state index in [2.05, 4.69) is 5.32 Å². The molecule has 1 atom stereocenters. The Kier molecular flexibility index (Phi) is 7.24. The van der Waals surface area contributed by atoms with Gasteiger partial charge in [0.25, 0.3) is 0 Å². The van der Waals surface area contributed by atoms with E-state index in [1.165, 1.54) is 10.6 Å². The number of amides is 1. The van der Waals surface area contributed by atoms with Gasteiger partial charge in [-0.3, -0.25) is 9.10 Å². The van der Waals surface area contributed by atoms with Crippen LogP contribution < -0.4 is 9.62 Å². The molecule has 2 rings (SSSR count). The predicted octanol–water partition coefficient (Wildman–Crippen LogP) is 4.04. The zero-order valence-corrected chi connectivity index (χ0v) is 18.1. The second kappa shape index (κ2) is 9.24. The second-order valence-corrected chi connectivity index (χ2v) is 9.34. The van der Waals surface area contributed by atoms with Gasteiger partial charge in [-0.2, -0.15) is 0 Å². The van der Waals surface area contributed by atoms with Crippen LogP contribution in [0.15, 0.2) is 42.5 Å². The Hall–Kier alpha value is -2.34. The monoisotopic (exact) mass is 402 g/mol. The van der Waals surface area contributed by atoms with Gasteiger partial charge in [-0.05, 0) is 68.5 Å². The standard InChI is InChI=1S/C22H30N2O3S/c1-16-13-17(2)15-20(14-16)24(28(5,26)27)12-8-11-22(25)23-19(4)21-10-7-6-9-18(21)3/h6-7,9-10,13-15,19H,8,11-12H2,1-5H3,(H,23,25)/t19-/m1/s1. The smallest absolute Gasteiger partial charge is 0.232 e. The molecule has 0 spiro atoms. The molecule has 0 fully saturated rings. The molecule has 0 heterocycles. The zero-order valence-electron chi connectivity index (χ0n) is 17.3. The fourth-order valence-electron chi connectivity index (χ4n) is 3.43. The van der Waals surface area contributed by atoms with E-state index in [9.17, 15) is 13.2 Å². The van der Waals surface area contributed by atoms with E-state index in [0.717, 1.165) is 22.3 Å². The summed E-state index contributed by atoms with van der Waals surface area (Å²) in [5.74, 6) is -0.0790. The third-order valence-electron chi connectivity index (χ3n) is 4.69. The number of carbonyl (C=O) groups excluding carboxylic acids is 1. The van der Waals surface area contributed by atoms with E-state index in [0.29, 0.717) is 12.1 Å². The van der Waals surface area contributed by atoms with Crippen LogP contribution in [0, 0.1) is 20.8 Å². The van der Waals surface area contributed by atoms with Gasteiger partial charge in [0.15, 0.2) is 0 Å². The van der Waals surface area contributed by atoms with Gasteiger partial charge in [0.05, 0.1) is 18.0 Å². The highest BCUT2D eigenvalue weighted by atomic mass is 32.2. The second-order valence-electron chi connectivity index (χ2n) is 7.43. The molecule has 2 aromatic rings. The molecule has 6 heteroatoms. The minimum atomic E-state index is -3.42. The SMILES string of the molecule is Cc1cc(C)cc(N(CCCC(=O)N[C@H](C)c2ccccc2C)S(C)(=O)=O)c1. The normalized spacial score (nSPS) is 12.5. The van der Waals surface area contributed by atoms with Crippen molar-refractivity contribution in [1.29, 1.82) is 0 Å². The fourth-order valence-corrected chi connectivity index (χ4v) is 4.38. The van der Waals surface area contributed by atoms with E-state index < -0.39 is 10.0 Å². The molecule has 0 aliphatic heterocycles. The molecule has 0 aromatic heterocycles. The first-order valence-electron chi connectivity index (χ1n) is 9.49. The number of sulfonamides is 1. The highest BCUT2D eigenvalue weighted by Crippen LogP contribution is 2.22. The third-order valence-corrected chi connectivity index (χ3v) is 5.89. The van der Waals surface area contributed by atoms with E-state index in [4.69, 9.17) is 0 Å². The van der Waals surface area contributed by atoms with E-state index in [1.54, 1.807) is 0 Å². The Balaban J connectivity index is 1.98. The zero-order chi connectivity index (χ0) is 20.9. The van der Waals surface area contributed by atoms with Gasteiger partial charge in [-0.25, -0.2) is 8.42 Å². The lowest BCUT2D eigenvalue weighted by molar-refractivity contribution is -0.121. The first kappa shape index (κ1) is 22.0. The molecule has 0 saturated heterocycles. The van der Waals surface area contributed by atoms with Crippen LogP contribution in [-0.4, -0.2) is 27.1 Å². The van der Waals surface area contributed by atoms with Crippen molar-refractivity contribution in [2.24, 2.45) is 0 Å². The van der Waals surface area contributed by atoms with Crippen LogP contribution in [0.5, 0.6) is 0 Å². The number of anilines is 1. The van der Waals surface area contributed by atoms with Gasteiger partial charge in [-0.15, -0.1) is 0 Å². The van der Waals surface area contributed by atoms with Crippen LogP contribution in [-0.2, 0) is 14.8 Å². The molecular formula is C22H30N2O3S. The Morgan fingerprint density at radius 2 is 1.68 bits per heavy atom. The molecule has 2 aromatic carbocycles. The summed E-state index contributed by atoms with van der Waals surface area (Å²) in [5.41, 5.74) is 4.88. The van der Waals surface area contributed by atoms with E-state index in [1.807, 2.05) is 70.2 Å². The lowest BCUT2D eigenvalue weighted by atomic mass is 10.0. The molecule has 28 heavy (non-hydrogen) atoms. The van der Waals surface area contributed by atoms with Gasteiger partial charge < -0.3 is 5.32 Å². The number of aryl methyl sites for hydroxylation is 3. The number of carbonyl (C=O) groups is 1. The molecule has 152 valence electrons. The van der Waals surface area contributed by atoms with Crippen LogP contribution in [0.2, 0.25) is 0 Å². The number of benzene rings is 2. The Labute approximate surface area is 168 Å². The minimum absolute atomic E-state index is 0.0790. The van der Waals surface area contributed by atoms with E-state index in [-0.39, 0.29) is 24.9 Å². The van der Waals surface area contributed by atoms with Crippen LogP contribution in [0.3, 0.4) is 0 Å². The summed E-state index contributed by atoms with van der Waals surface area (Å²) in [5, 5.41) is 3.00. The highest BCUT2D eigenvalue weighted by Gasteiger charge is 2.19. The van der Waals surface area contributed by atoms with Crippen molar-refractivity contribution >= 4 is 21.6 Å². The molecular weight excluding hydrogens is 372 g/mol. The van der Waals surface area contributed by atoms with Crippen molar-refractivity contribution in [3.05, 3.63) is 64.7 Å². The average molecular weight is 403 g/mol. The van der Waals surface area contributed by atoms with Gasteiger partial charge in [0, 0.05) is 13.0 Å². The number of hydrogen-bond acceptors (Lipinski definition) is 3. The lowest BCUT2D eigenvalue weighted by Gasteiger charge is -2.23. The van der Waals surface area contributed by atoms with Crippen molar-refractivity contribution in [2.45, 2.75) is 46.6 Å². The molecule has 0 unspecified atom stereocenters. The van der Waals surface area contributed by atoms with Crippen molar-refractivity contribution in [2.75, 3.05) is 17.1 Å². The number of nitrogens with one attached hydrogen (secondary N) is 1. The van der Waals surface area contributed by atoms with Gasteiger partial charge in [-0.1, -0.05) is 30.3 Å². The van der Waals surface area contributed by atoms with Crippen molar-refractivity contribution in [3.8, 4) is 0 Å². The van der Waals surface area contributed by atoms with E-state index >= 15 is 0 Å². The summed E-state index contributed by atoms with van der Waals surface area (Å²) >= 11 is 0. The molecule has 1 N–H and O–H groups in total. The summed E-state index contributed by atoms with van der Waals surface area (Å²) in [4.78, 5) is 12.3. The Morgan fingerprint density at radius 1 is 1.07 bits per heavy atom. The first-order chi connectivity index (χ1) is 13.1. The Bertz CT molecular complexity index is 918. The molecule has 0 aliphatic carbocycles. The van der Waals surface area contributed by atoms with Gasteiger partial charge >= 0.3 is 0 Å². The molecule has 5 nitrogen and oxygen atoms in total. The average Bonchev–Trinajstić information content (AvgIpc) is 2.57. The van der Waals surface area contributed by atoms with Crippen molar-refractivity contribution < 1.29 is 13.2 Å². The first-order valence-corrected chi connectivity index (χ1v) is 11.3. The maximum Gasteiger partial charge on any atom is 0.232 e. The number of hydrogen-bond donors (Lipinski definition) is 1. The lowest BCUT2D eigenvalue weighted by Crippen LogP contribution is -2.32. The molecule has 0 radical (unpaired) electrons. The molecule has 1 amide bonds. The maximum absolute atomic E-state index is 12.3. The van der Waals surface area contributed by atoms with Crippen molar-refractivity contribution in [1.82, 2.24) is 5.32 Å². The summed E-state index contributed by atoms with van der Waals surface area (Å²) in [6.07, 6.45) is 1.92. The summed E-state index contributed by atoms with van der Waals surface area (Å²) < 4.78 is 25.9. The topological polar surface area (TPSA) is 66.5 Å². The van der Waals surface area contributed by atoms with Crippen LogP contribution in [0.1, 0.15) is 48.1 Å². The Morgan fingerprint density at radius 3 is 2.25 bits per heavy atom. The quantitative estimate of drug-likeness (QED) is 0.725.